The molecule has 0 saturated heterocycles. The van der Waals surface area contributed by atoms with Crippen LogP contribution in [0.5, 0.6) is 0 Å². The van der Waals surface area contributed by atoms with E-state index in [0.717, 1.165) is 78.5 Å². The Balaban J connectivity index is 0.963. The zero-order chi connectivity index (χ0) is 79.4. The van der Waals surface area contributed by atoms with Crippen molar-refractivity contribution in [2.75, 3.05) is 9.80 Å². The van der Waals surface area contributed by atoms with Gasteiger partial charge in [0, 0.05) is 61.5 Å². The van der Waals surface area contributed by atoms with Crippen molar-refractivity contribution in [3.05, 3.63) is 384 Å². The van der Waals surface area contributed by atoms with E-state index in [0.29, 0.717) is 0 Å². The van der Waals surface area contributed by atoms with Crippen molar-refractivity contribution in [1.29, 1.82) is 0 Å². The molecule has 0 spiro atoms. The second kappa shape index (κ2) is 27.0. The van der Waals surface area contributed by atoms with Gasteiger partial charge in [-0.05, 0) is 181 Å². The van der Waals surface area contributed by atoms with Crippen LogP contribution >= 0.6 is 0 Å². The van der Waals surface area contributed by atoms with Gasteiger partial charge < -0.3 is 14.4 Å². The Hall–Kier alpha value is -12.2. The fraction of sp³-hybridized carbons (Fsp3) is 0.189. The number of para-hydroxylation sites is 3. The van der Waals surface area contributed by atoms with Crippen molar-refractivity contribution in [3.8, 4) is 72.4 Å². The van der Waals surface area contributed by atoms with Gasteiger partial charge in [-0.15, -0.1) is 0 Å². The van der Waals surface area contributed by atoms with Gasteiger partial charge >= 0.3 is 0 Å². The number of aromatic nitrogens is 1. The molecule has 0 bridgehead atoms. The number of nitrogens with zero attached hydrogens (tertiary/aromatic N) is 3. The average molecular weight is 1490 g/mol. The molecule has 15 aromatic carbocycles. The van der Waals surface area contributed by atoms with Crippen LogP contribution in [0, 0.1) is 0 Å². The summed E-state index contributed by atoms with van der Waals surface area (Å²) in [5.41, 5.74) is 38.5. The second-order valence-electron chi connectivity index (χ2n) is 37.6. The van der Waals surface area contributed by atoms with Crippen molar-refractivity contribution in [2.24, 2.45) is 0 Å². The highest BCUT2D eigenvalue weighted by atomic mass is 15.2. The fourth-order valence-electron chi connectivity index (χ4n) is 19.2. The minimum absolute atomic E-state index is 0.0379. The summed E-state index contributed by atoms with van der Waals surface area (Å²) in [5.74, 6) is 0. The summed E-state index contributed by atoms with van der Waals surface area (Å²) in [6, 6.07) is 129. The van der Waals surface area contributed by atoms with E-state index in [1.165, 1.54) is 116 Å². The first-order chi connectivity index (χ1) is 55.2. The van der Waals surface area contributed by atoms with Gasteiger partial charge in [0.15, 0.2) is 0 Å². The predicted octanol–water partition coefficient (Wildman–Crippen LogP) is 28.1. The number of benzene rings is 15. The molecule has 0 amide bonds. The minimum Gasteiger partial charge on any atom is -0.310 e. The van der Waals surface area contributed by atoms with Crippen LogP contribution in [-0.4, -0.2) is 11.3 Å². The van der Waals surface area contributed by atoms with Crippen LogP contribution < -0.4 is 26.2 Å². The van der Waals surface area contributed by atoms with E-state index < -0.39 is 5.41 Å². The third kappa shape index (κ3) is 12.0. The van der Waals surface area contributed by atoms with Crippen molar-refractivity contribution in [1.82, 2.24) is 4.57 Å². The Bertz CT molecular complexity index is 6300. The van der Waals surface area contributed by atoms with Gasteiger partial charge in [0.2, 0.25) is 0 Å². The zero-order valence-corrected chi connectivity index (χ0v) is 69.2. The molecule has 115 heavy (non-hydrogen) atoms. The first-order valence-corrected chi connectivity index (χ1v) is 41.3. The van der Waals surface area contributed by atoms with E-state index >= 15 is 0 Å². The summed E-state index contributed by atoms with van der Waals surface area (Å²) in [4.78, 5) is 5.48. The monoisotopic (exact) mass is 1490 g/mol. The van der Waals surface area contributed by atoms with Crippen LogP contribution in [-0.2, 0) is 32.5 Å². The molecule has 1 aliphatic carbocycles. The lowest BCUT2D eigenvalue weighted by molar-refractivity contribution is 0.590. The van der Waals surface area contributed by atoms with E-state index in [9.17, 15) is 0 Å². The third-order valence-corrected chi connectivity index (χ3v) is 25.3. The zero-order valence-electron chi connectivity index (χ0n) is 69.2. The Morgan fingerprint density at radius 1 is 0.261 bits per heavy atom. The molecular formula is C111H100BN3. The van der Waals surface area contributed by atoms with E-state index in [1.807, 2.05) is 0 Å². The van der Waals surface area contributed by atoms with Gasteiger partial charge in [0.05, 0.1) is 27.8 Å². The first-order valence-electron chi connectivity index (χ1n) is 41.3. The summed E-state index contributed by atoms with van der Waals surface area (Å²) < 4.78 is 2.60. The Kier molecular flexibility index (Phi) is 17.1. The largest absolute Gasteiger partial charge is 0.310 e. The van der Waals surface area contributed by atoms with Crippen molar-refractivity contribution in [3.63, 3.8) is 0 Å². The number of rotatable bonds is 10. The topological polar surface area (TPSA) is 11.4 Å². The van der Waals surface area contributed by atoms with Crippen LogP contribution in [0.15, 0.2) is 334 Å². The van der Waals surface area contributed by atoms with Gasteiger partial charge in [-0.1, -0.05) is 395 Å². The van der Waals surface area contributed by atoms with Crippen molar-refractivity contribution in [2.45, 2.75) is 136 Å². The van der Waals surface area contributed by atoms with Crippen LogP contribution in [0.1, 0.15) is 154 Å². The smallest absolute Gasteiger partial charge is 0.252 e. The molecule has 0 radical (unpaired) electrons. The Labute approximate surface area is 681 Å². The summed E-state index contributed by atoms with van der Waals surface area (Å²) in [6.07, 6.45) is 0. The first kappa shape index (κ1) is 73.0. The molecule has 3 aliphatic rings. The quantitative estimate of drug-likeness (QED) is 0.126. The van der Waals surface area contributed by atoms with Gasteiger partial charge in [0.1, 0.15) is 0 Å². The molecule has 3 nitrogen and oxygen atoms in total. The van der Waals surface area contributed by atoms with Crippen molar-refractivity contribution < 1.29 is 0 Å². The standard InChI is InChI=1S/C111H100BN3/c1-106(2,3)77-54-45-72(46-55-77)85-39-29-40-86(73-47-56-78(57-48-73)107(4,5)6)104(85)114-96-65-53-76(71-31-19-16-20-32-71)67-94(96)112-93-64-62-84(113-95-44-28-26-38-91(95)101-97(113)66-63-90-89-37-25-27-43-92(89)111(102(90)101,81-33-21-17-22-34-81)82-35-23-18-24-36-82)70-98(93)115(100-69-83(110(13,14)15)68-99(114)103(100)112)105-87(74-49-58-79(59-50-74)108(7,8)9)41-30-42-88(105)75-51-60-80(61-52-75)109(10,11)12/h16-70H,1-15H3. The summed E-state index contributed by atoms with van der Waals surface area (Å²) in [6.45, 7) is 34.8. The highest BCUT2D eigenvalue weighted by molar-refractivity contribution is 7.00. The van der Waals surface area contributed by atoms with Crippen LogP contribution in [0.2, 0.25) is 0 Å². The summed E-state index contributed by atoms with van der Waals surface area (Å²) in [5, 5.41) is 2.47. The third-order valence-electron chi connectivity index (χ3n) is 25.3. The number of hydrogen-bond acceptors (Lipinski definition) is 2. The number of fused-ring (bicyclic) bond motifs is 11. The molecule has 0 N–H and O–H groups in total. The molecular weight excluding hydrogens is 1390 g/mol. The van der Waals surface area contributed by atoms with E-state index in [4.69, 9.17) is 0 Å². The highest BCUT2D eigenvalue weighted by Gasteiger charge is 2.50. The SMILES string of the molecule is CC(C)(C)c1ccc(-c2cccc(-c3ccc(C(C)(C)C)cc3)c2N2c3ccc(-c4ccccc4)cc3B3c4ccc(-n5c6ccccc6c6c7c(ccc65)-c5ccccc5C7(c5ccccc5)c5ccccc5)cc4N(c4c(-c5ccc(C(C)(C)C)cc5)cccc4-c4ccc(C(C)(C)C)cc4)c4cc(C(C)(C)C)cc2c43)cc1. The van der Waals surface area contributed by atoms with Crippen LogP contribution in [0.25, 0.3) is 94.3 Å². The molecule has 0 unspecified atom stereocenters. The molecule has 0 atom stereocenters. The van der Waals surface area contributed by atoms with E-state index in [2.05, 4.69) is 452 Å². The van der Waals surface area contributed by atoms with Gasteiger partial charge in [-0.3, -0.25) is 0 Å². The minimum atomic E-state index is -0.645. The molecule has 2 aliphatic heterocycles. The van der Waals surface area contributed by atoms with Crippen LogP contribution in [0.4, 0.5) is 34.1 Å². The lowest BCUT2D eigenvalue weighted by Gasteiger charge is -2.46. The predicted molar refractivity (Wildman–Crippen MR) is 493 cm³/mol. The maximum absolute atomic E-state index is 2.76. The van der Waals surface area contributed by atoms with Gasteiger partial charge in [-0.25, -0.2) is 0 Å². The van der Waals surface area contributed by atoms with Gasteiger partial charge in [0.25, 0.3) is 6.71 Å². The molecule has 0 fully saturated rings. The Morgan fingerprint density at radius 2 is 0.670 bits per heavy atom. The second-order valence-corrected chi connectivity index (χ2v) is 37.6. The molecule has 3 heterocycles. The average Bonchev–Trinajstić information content (AvgIpc) is 1.40. The molecule has 16 aromatic rings. The normalized spacial score (nSPS) is 13.7. The van der Waals surface area contributed by atoms with Crippen molar-refractivity contribution >= 4 is 79.0 Å². The Morgan fingerprint density at radius 3 is 1.14 bits per heavy atom. The van der Waals surface area contributed by atoms with E-state index in [1.54, 1.807) is 0 Å². The molecule has 1 aromatic heterocycles. The van der Waals surface area contributed by atoms with Crippen LogP contribution in [0.3, 0.4) is 0 Å². The summed E-state index contributed by atoms with van der Waals surface area (Å²) in [7, 11) is 0. The maximum Gasteiger partial charge on any atom is 0.252 e. The highest BCUT2D eigenvalue weighted by Crippen LogP contribution is 2.61. The molecule has 19 rings (SSSR count). The molecule has 0 saturated carbocycles. The lowest BCUT2D eigenvalue weighted by Crippen LogP contribution is -2.61. The van der Waals surface area contributed by atoms with Gasteiger partial charge in [-0.2, -0.15) is 0 Å². The molecule has 4 heteroatoms. The number of anilines is 6. The maximum atomic E-state index is 2.76. The fourth-order valence-corrected chi connectivity index (χ4v) is 19.2. The molecule has 562 valence electrons. The summed E-state index contributed by atoms with van der Waals surface area (Å²) >= 11 is 0. The van der Waals surface area contributed by atoms with E-state index in [-0.39, 0.29) is 33.8 Å². The lowest BCUT2D eigenvalue weighted by atomic mass is 9.33. The number of hydrogen-bond donors (Lipinski definition) is 0.